The molecule has 0 amide bonds. The molecule has 1 aliphatic carbocycles. The Balaban J connectivity index is 2.30. The molecule has 136 valence electrons. The number of benzene rings is 1. The van der Waals surface area contributed by atoms with E-state index in [1.54, 1.807) is 0 Å². The van der Waals surface area contributed by atoms with Gasteiger partial charge in [-0.2, -0.15) is 0 Å². The van der Waals surface area contributed by atoms with E-state index in [0.717, 1.165) is 24.0 Å². The molecule has 4 N–H and O–H groups in total. The highest BCUT2D eigenvalue weighted by Gasteiger charge is 2.26. The van der Waals surface area contributed by atoms with Gasteiger partial charge in [0.25, 0.3) is 0 Å². The number of rotatable bonds is 3. The lowest BCUT2D eigenvalue weighted by molar-refractivity contribution is 0.324. The third-order valence-corrected chi connectivity index (χ3v) is 5.24. The minimum atomic E-state index is -0.0820. The molecule has 0 unspecified atom stereocenters. The maximum atomic E-state index is 10.8. The van der Waals surface area contributed by atoms with Gasteiger partial charge in [-0.1, -0.05) is 66.5 Å². The Hall–Kier alpha value is -1.06. The van der Waals surface area contributed by atoms with Crippen molar-refractivity contribution in [2.45, 2.75) is 96.7 Å². The Labute approximate surface area is 148 Å². The molecule has 1 aliphatic rings. The molecule has 0 spiro atoms. The lowest BCUT2D eigenvalue weighted by Crippen LogP contribution is -2.46. The number of nitrogens with two attached hydrogens (primary N) is 1. The van der Waals surface area contributed by atoms with Crippen LogP contribution in [0.15, 0.2) is 12.1 Å². The van der Waals surface area contributed by atoms with Crippen LogP contribution in [-0.2, 0) is 17.4 Å². The second-order valence-electron chi connectivity index (χ2n) is 9.47. The lowest BCUT2D eigenvalue weighted by atomic mass is 9.79. The Kier molecular flexibility index (Phi) is 5.66. The first-order chi connectivity index (χ1) is 11.0. The summed E-state index contributed by atoms with van der Waals surface area (Å²) in [5.74, 6) is 0.437. The Morgan fingerprint density at radius 3 is 2.21 bits per heavy atom. The number of aromatic hydroxyl groups is 1. The van der Waals surface area contributed by atoms with Crippen LogP contribution in [-0.4, -0.2) is 17.2 Å². The number of phenolic OH excluding ortho intramolecular Hbond substituents is 1. The zero-order valence-electron chi connectivity index (χ0n) is 16.4. The fraction of sp³-hybridized carbons (Fsp3) is 0.714. The molecule has 0 bridgehead atoms. The summed E-state index contributed by atoms with van der Waals surface area (Å²) in [5.41, 5.74) is 9.52. The average molecular weight is 333 g/mol. The largest absolute Gasteiger partial charge is 0.507 e. The molecule has 1 fully saturated rings. The molecule has 0 aromatic heterocycles. The summed E-state index contributed by atoms with van der Waals surface area (Å²) < 4.78 is 0. The van der Waals surface area contributed by atoms with Gasteiger partial charge in [0.05, 0.1) is 0 Å². The zero-order valence-corrected chi connectivity index (χ0v) is 16.4. The number of phenols is 1. The van der Waals surface area contributed by atoms with Gasteiger partial charge < -0.3 is 16.2 Å². The van der Waals surface area contributed by atoms with Crippen LogP contribution in [0.25, 0.3) is 0 Å². The van der Waals surface area contributed by atoms with Crippen LogP contribution < -0.4 is 11.1 Å². The van der Waals surface area contributed by atoms with Gasteiger partial charge in [-0.25, -0.2) is 0 Å². The van der Waals surface area contributed by atoms with Crippen LogP contribution in [0.4, 0.5) is 0 Å². The molecule has 2 rings (SSSR count). The summed E-state index contributed by atoms with van der Waals surface area (Å²) in [5, 5.41) is 14.4. The maximum Gasteiger partial charge on any atom is 0.123 e. The van der Waals surface area contributed by atoms with Crippen molar-refractivity contribution in [2.24, 2.45) is 5.73 Å². The molecule has 2 atom stereocenters. The molecule has 0 aliphatic heterocycles. The minimum absolute atomic E-state index is 0.0592. The van der Waals surface area contributed by atoms with Gasteiger partial charge in [0.15, 0.2) is 0 Å². The SMILES string of the molecule is CC(C)(C)c1cc(CN[C@@H]2CCCC[C@H]2N)c(O)c(C(C)(C)C)c1. The summed E-state index contributed by atoms with van der Waals surface area (Å²) in [6.07, 6.45) is 4.71. The van der Waals surface area contributed by atoms with Crippen LogP contribution in [0.5, 0.6) is 5.75 Å². The predicted molar refractivity (Wildman–Crippen MR) is 103 cm³/mol. The Morgan fingerprint density at radius 2 is 1.67 bits per heavy atom. The molecule has 3 heteroatoms. The van der Waals surface area contributed by atoms with E-state index in [9.17, 15) is 5.11 Å². The van der Waals surface area contributed by atoms with Gasteiger partial charge in [-0.3, -0.25) is 0 Å². The van der Waals surface area contributed by atoms with E-state index in [1.165, 1.54) is 18.4 Å². The molecular weight excluding hydrogens is 296 g/mol. The van der Waals surface area contributed by atoms with Crippen molar-refractivity contribution >= 4 is 0 Å². The first-order valence-corrected chi connectivity index (χ1v) is 9.36. The van der Waals surface area contributed by atoms with Crippen molar-refractivity contribution in [3.63, 3.8) is 0 Å². The van der Waals surface area contributed by atoms with E-state index in [0.29, 0.717) is 18.3 Å². The number of hydrogen-bond acceptors (Lipinski definition) is 3. The van der Waals surface area contributed by atoms with Gasteiger partial charge in [0.2, 0.25) is 0 Å². The van der Waals surface area contributed by atoms with Crippen molar-refractivity contribution in [1.82, 2.24) is 5.32 Å². The fourth-order valence-electron chi connectivity index (χ4n) is 3.49. The van der Waals surface area contributed by atoms with Crippen molar-refractivity contribution in [1.29, 1.82) is 0 Å². The Morgan fingerprint density at radius 1 is 1.04 bits per heavy atom. The molecule has 0 saturated heterocycles. The monoisotopic (exact) mass is 332 g/mol. The van der Waals surface area contributed by atoms with Gasteiger partial charge in [-0.15, -0.1) is 0 Å². The molecule has 0 radical (unpaired) electrons. The highest BCUT2D eigenvalue weighted by molar-refractivity contribution is 5.48. The number of hydrogen-bond donors (Lipinski definition) is 3. The van der Waals surface area contributed by atoms with Crippen molar-refractivity contribution in [2.75, 3.05) is 0 Å². The van der Waals surface area contributed by atoms with Crippen LogP contribution in [0.2, 0.25) is 0 Å². The molecular formula is C21H36N2O. The zero-order chi connectivity index (χ0) is 18.1. The van der Waals surface area contributed by atoms with E-state index in [2.05, 4.69) is 59.0 Å². The van der Waals surface area contributed by atoms with Crippen molar-refractivity contribution in [3.8, 4) is 5.75 Å². The second kappa shape index (κ2) is 7.05. The van der Waals surface area contributed by atoms with Gasteiger partial charge in [0.1, 0.15) is 5.75 Å². The Bertz CT molecular complexity index is 566. The van der Waals surface area contributed by atoms with Gasteiger partial charge in [0, 0.05) is 24.2 Å². The maximum absolute atomic E-state index is 10.8. The van der Waals surface area contributed by atoms with Crippen LogP contribution in [0, 0.1) is 0 Å². The standard InChI is InChI=1S/C21H36N2O/c1-20(2,3)15-11-14(19(24)16(12-15)21(4,5)6)13-23-18-10-8-7-9-17(18)22/h11-12,17-18,23-24H,7-10,13,22H2,1-6H3/t17-,18-/m1/s1. The summed E-state index contributed by atoms with van der Waals surface area (Å²) >= 11 is 0. The van der Waals surface area contributed by atoms with E-state index in [1.807, 2.05) is 0 Å². The first-order valence-electron chi connectivity index (χ1n) is 9.36. The van der Waals surface area contributed by atoms with Gasteiger partial charge in [-0.05, 0) is 34.8 Å². The van der Waals surface area contributed by atoms with E-state index in [-0.39, 0.29) is 16.9 Å². The summed E-state index contributed by atoms with van der Waals surface area (Å²) in [7, 11) is 0. The third-order valence-electron chi connectivity index (χ3n) is 5.24. The first kappa shape index (κ1) is 19.3. The summed E-state index contributed by atoms with van der Waals surface area (Å²) in [4.78, 5) is 0. The normalized spacial score (nSPS) is 22.6. The fourth-order valence-corrected chi connectivity index (χ4v) is 3.49. The average Bonchev–Trinajstić information content (AvgIpc) is 2.45. The quantitative estimate of drug-likeness (QED) is 0.771. The van der Waals surface area contributed by atoms with Crippen LogP contribution in [0.1, 0.15) is 83.9 Å². The highest BCUT2D eigenvalue weighted by atomic mass is 16.3. The molecule has 3 nitrogen and oxygen atoms in total. The highest BCUT2D eigenvalue weighted by Crippen LogP contribution is 2.37. The second-order valence-corrected chi connectivity index (χ2v) is 9.47. The number of nitrogens with one attached hydrogen (secondary N) is 1. The molecule has 1 saturated carbocycles. The third kappa shape index (κ3) is 4.52. The smallest absolute Gasteiger partial charge is 0.123 e. The molecule has 24 heavy (non-hydrogen) atoms. The molecule has 1 aromatic carbocycles. The van der Waals surface area contributed by atoms with Crippen LogP contribution in [0.3, 0.4) is 0 Å². The minimum Gasteiger partial charge on any atom is -0.507 e. The van der Waals surface area contributed by atoms with Crippen molar-refractivity contribution < 1.29 is 5.11 Å². The van der Waals surface area contributed by atoms with Crippen LogP contribution >= 0.6 is 0 Å². The van der Waals surface area contributed by atoms with E-state index < -0.39 is 0 Å². The molecule has 0 heterocycles. The predicted octanol–water partition coefficient (Wildman–Crippen LogP) is 4.35. The summed E-state index contributed by atoms with van der Waals surface area (Å²) in [6.45, 7) is 13.8. The van der Waals surface area contributed by atoms with E-state index >= 15 is 0 Å². The van der Waals surface area contributed by atoms with Crippen molar-refractivity contribution in [3.05, 3.63) is 28.8 Å². The van der Waals surface area contributed by atoms with E-state index in [4.69, 9.17) is 5.73 Å². The van der Waals surface area contributed by atoms with Gasteiger partial charge >= 0.3 is 0 Å². The lowest BCUT2D eigenvalue weighted by Gasteiger charge is -2.31. The summed E-state index contributed by atoms with van der Waals surface area (Å²) in [6, 6.07) is 4.92. The topological polar surface area (TPSA) is 58.3 Å². The molecule has 1 aromatic rings.